The van der Waals surface area contributed by atoms with Gasteiger partial charge in [-0.25, -0.2) is 17.7 Å². The third kappa shape index (κ3) is 4.32. The number of benzene rings is 1. The molecule has 0 saturated carbocycles. The second kappa shape index (κ2) is 7.88. The first-order valence-corrected chi connectivity index (χ1v) is 9.75. The Labute approximate surface area is 149 Å². The molecule has 136 valence electrons. The predicted molar refractivity (Wildman–Crippen MR) is 97.9 cm³/mol. The minimum Gasteiger partial charge on any atom is -0.346 e. The minimum absolute atomic E-state index is 0.0740. The van der Waals surface area contributed by atoms with Crippen LogP contribution in [0.2, 0.25) is 0 Å². The fourth-order valence-electron chi connectivity index (χ4n) is 2.42. The molecule has 25 heavy (non-hydrogen) atoms. The maximum atomic E-state index is 12.1. The standard InChI is InChI=1S/C17H25N5O2S/c1-6-15-16(7-2)20-21-17(19-15)18-12(3)13-8-10-14(11-9-13)25(23,24)22(4)5/h8-12H,6-7H2,1-5H3,(H,18,19,21). The number of sulfonamides is 1. The van der Waals surface area contributed by atoms with Gasteiger partial charge in [0.15, 0.2) is 0 Å². The number of anilines is 1. The highest BCUT2D eigenvalue weighted by Crippen LogP contribution is 2.20. The zero-order valence-corrected chi connectivity index (χ0v) is 16.1. The Bertz CT molecular complexity index is 819. The average molecular weight is 363 g/mol. The Hall–Kier alpha value is -2.06. The molecule has 0 spiro atoms. The van der Waals surface area contributed by atoms with Crippen molar-refractivity contribution < 1.29 is 8.42 Å². The van der Waals surface area contributed by atoms with Gasteiger partial charge >= 0.3 is 0 Å². The lowest BCUT2D eigenvalue weighted by atomic mass is 10.1. The zero-order valence-electron chi connectivity index (χ0n) is 15.3. The maximum Gasteiger partial charge on any atom is 0.243 e. The first-order chi connectivity index (χ1) is 11.8. The number of hydrogen-bond acceptors (Lipinski definition) is 6. The van der Waals surface area contributed by atoms with Crippen LogP contribution in [0.4, 0.5) is 5.95 Å². The molecule has 1 heterocycles. The predicted octanol–water partition coefficient (Wildman–Crippen LogP) is 2.42. The van der Waals surface area contributed by atoms with Crippen molar-refractivity contribution >= 4 is 16.0 Å². The van der Waals surface area contributed by atoms with E-state index in [-0.39, 0.29) is 10.9 Å². The largest absolute Gasteiger partial charge is 0.346 e. The number of hydrogen-bond donors (Lipinski definition) is 1. The molecule has 2 aromatic rings. The lowest BCUT2D eigenvalue weighted by molar-refractivity contribution is 0.520. The van der Waals surface area contributed by atoms with Gasteiger partial charge in [0.2, 0.25) is 16.0 Å². The number of aryl methyl sites for hydroxylation is 2. The second-order valence-electron chi connectivity index (χ2n) is 5.96. The van der Waals surface area contributed by atoms with Gasteiger partial charge in [-0.3, -0.25) is 0 Å². The van der Waals surface area contributed by atoms with Gasteiger partial charge in [0, 0.05) is 14.1 Å². The van der Waals surface area contributed by atoms with E-state index in [0.29, 0.717) is 5.95 Å². The summed E-state index contributed by atoms with van der Waals surface area (Å²) in [4.78, 5) is 4.79. The smallest absolute Gasteiger partial charge is 0.243 e. The van der Waals surface area contributed by atoms with Gasteiger partial charge in [-0.15, -0.1) is 5.10 Å². The normalized spacial score (nSPS) is 13.0. The summed E-state index contributed by atoms with van der Waals surface area (Å²) in [6.45, 7) is 6.04. The molecule has 1 atom stereocenters. The molecule has 0 aliphatic heterocycles. The summed E-state index contributed by atoms with van der Waals surface area (Å²) < 4.78 is 25.4. The molecule has 1 unspecified atom stereocenters. The van der Waals surface area contributed by atoms with E-state index in [2.05, 4.69) is 20.5 Å². The molecule has 0 radical (unpaired) electrons. The van der Waals surface area contributed by atoms with E-state index in [9.17, 15) is 8.42 Å². The summed E-state index contributed by atoms with van der Waals surface area (Å²) in [6, 6.07) is 6.74. The van der Waals surface area contributed by atoms with Crippen molar-refractivity contribution in [3.8, 4) is 0 Å². The summed E-state index contributed by atoms with van der Waals surface area (Å²) in [7, 11) is -0.383. The molecular formula is C17H25N5O2S. The van der Waals surface area contributed by atoms with Crippen molar-refractivity contribution in [3.63, 3.8) is 0 Å². The summed E-state index contributed by atoms with van der Waals surface area (Å²) in [5.74, 6) is 0.478. The zero-order chi connectivity index (χ0) is 18.6. The Morgan fingerprint density at radius 1 is 1.04 bits per heavy atom. The molecule has 7 nitrogen and oxygen atoms in total. The molecule has 0 bridgehead atoms. The summed E-state index contributed by atoms with van der Waals surface area (Å²) in [6.07, 6.45) is 1.61. The van der Waals surface area contributed by atoms with Crippen LogP contribution < -0.4 is 5.32 Å². The van der Waals surface area contributed by atoms with Crippen molar-refractivity contribution in [1.29, 1.82) is 0 Å². The molecular weight excluding hydrogens is 338 g/mol. The van der Waals surface area contributed by atoms with Crippen LogP contribution in [0, 0.1) is 0 Å². The molecule has 0 saturated heterocycles. The fourth-order valence-corrected chi connectivity index (χ4v) is 3.32. The molecule has 0 fully saturated rings. The third-order valence-corrected chi connectivity index (χ3v) is 5.84. The van der Waals surface area contributed by atoms with Crippen LogP contribution in [0.15, 0.2) is 29.2 Å². The highest BCUT2D eigenvalue weighted by Gasteiger charge is 2.17. The van der Waals surface area contributed by atoms with Crippen LogP contribution in [0.5, 0.6) is 0 Å². The summed E-state index contributed by atoms with van der Waals surface area (Å²) >= 11 is 0. The van der Waals surface area contributed by atoms with Crippen LogP contribution >= 0.6 is 0 Å². The molecule has 2 rings (SSSR count). The van der Waals surface area contributed by atoms with Crippen molar-refractivity contribution in [3.05, 3.63) is 41.2 Å². The van der Waals surface area contributed by atoms with E-state index in [0.717, 1.165) is 29.8 Å². The average Bonchev–Trinajstić information content (AvgIpc) is 2.61. The summed E-state index contributed by atoms with van der Waals surface area (Å²) in [5.41, 5.74) is 2.80. The van der Waals surface area contributed by atoms with Gasteiger partial charge in [-0.05, 0) is 37.5 Å². The molecule has 1 aromatic heterocycles. The molecule has 0 amide bonds. The Morgan fingerprint density at radius 2 is 1.64 bits per heavy atom. The highest BCUT2D eigenvalue weighted by molar-refractivity contribution is 7.89. The first kappa shape index (κ1) is 19.3. The van der Waals surface area contributed by atoms with Crippen molar-refractivity contribution in [2.24, 2.45) is 0 Å². The first-order valence-electron chi connectivity index (χ1n) is 8.31. The van der Waals surface area contributed by atoms with Crippen LogP contribution in [-0.2, 0) is 22.9 Å². The van der Waals surface area contributed by atoms with Crippen LogP contribution in [0.25, 0.3) is 0 Å². The number of rotatable bonds is 7. The van der Waals surface area contributed by atoms with Crippen molar-refractivity contribution in [1.82, 2.24) is 19.5 Å². The number of nitrogens with zero attached hydrogens (tertiary/aromatic N) is 4. The quantitative estimate of drug-likeness (QED) is 0.813. The number of aromatic nitrogens is 3. The number of nitrogens with one attached hydrogen (secondary N) is 1. The van der Waals surface area contributed by atoms with Crippen LogP contribution in [0.1, 0.15) is 43.8 Å². The maximum absolute atomic E-state index is 12.1. The third-order valence-electron chi connectivity index (χ3n) is 4.01. The Balaban J connectivity index is 2.17. The van der Waals surface area contributed by atoms with Crippen molar-refractivity contribution in [2.75, 3.05) is 19.4 Å². The topological polar surface area (TPSA) is 88.1 Å². The van der Waals surface area contributed by atoms with E-state index in [4.69, 9.17) is 0 Å². The molecule has 1 N–H and O–H groups in total. The van der Waals surface area contributed by atoms with Gasteiger partial charge in [0.05, 0.1) is 22.3 Å². The monoisotopic (exact) mass is 363 g/mol. The molecule has 1 aromatic carbocycles. The SMILES string of the molecule is CCc1nnc(NC(C)c2ccc(S(=O)(=O)N(C)C)cc2)nc1CC. The highest BCUT2D eigenvalue weighted by atomic mass is 32.2. The van der Waals surface area contributed by atoms with E-state index < -0.39 is 10.0 Å². The van der Waals surface area contributed by atoms with E-state index in [1.54, 1.807) is 24.3 Å². The van der Waals surface area contributed by atoms with Gasteiger partial charge in [-0.1, -0.05) is 26.0 Å². The Morgan fingerprint density at radius 3 is 2.16 bits per heavy atom. The molecule has 0 aliphatic rings. The second-order valence-corrected chi connectivity index (χ2v) is 8.11. The van der Waals surface area contributed by atoms with Crippen LogP contribution in [0.3, 0.4) is 0 Å². The van der Waals surface area contributed by atoms with Gasteiger partial charge in [0.25, 0.3) is 0 Å². The lowest BCUT2D eigenvalue weighted by Gasteiger charge is -2.16. The fraction of sp³-hybridized carbons (Fsp3) is 0.471. The van der Waals surface area contributed by atoms with Crippen molar-refractivity contribution in [2.45, 2.75) is 44.6 Å². The van der Waals surface area contributed by atoms with Gasteiger partial charge in [-0.2, -0.15) is 5.10 Å². The minimum atomic E-state index is -3.42. The van der Waals surface area contributed by atoms with E-state index in [1.165, 1.54) is 18.4 Å². The molecule has 0 aliphatic carbocycles. The van der Waals surface area contributed by atoms with Gasteiger partial charge in [0.1, 0.15) is 0 Å². The Kier molecular flexibility index (Phi) is 6.07. The lowest BCUT2D eigenvalue weighted by Crippen LogP contribution is -2.22. The van der Waals surface area contributed by atoms with Crippen LogP contribution in [-0.4, -0.2) is 42.0 Å². The van der Waals surface area contributed by atoms with Gasteiger partial charge < -0.3 is 5.32 Å². The summed E-state index contributed by atoms with van der Waals surface area (Å²) in [5, 5.41) is 11.6. The van der Waals surface area contributed by atoms with E-state index >= 15 is 0 Å². The van der Waals surface area contributed by atoms with E-state index in [1.807, 2.05) is 20.8 Å². The molecule has 8 heteroatoms.